The van der Waals surface area contributed by atoms with Crippen molar-refractivity contribution in [1.29, 1.82) is 0 Å². The molecule has 2 saturated heterocycles. The number of aldehydes is 1. The molecule has 0 saturated carbocycles. The molecular formula is C37H47NO3. The van der Waals surface area contributed by atoms with Gasteiger partial charge in [-0.2, -0.15) is 0 Å². The maximum absolute atomic E-state index is 11.2. The number of carbonyl (C=O) groups is 1. The van der Waals surface area contributed by atoms with E-state index in [4.69, 9.17) is 9.47 Å². The van der Waals surface area contributed by atoms with Crippen molar-refractivity contribution in [3.05, 3.63) is 95.1 Å². The predicted molar refractivity (Wildman–Crippen MR) is 168 cm³/mol. The number of hydrogen-bond donors (Lipinski definition) is 0. The second kappa shape index (κ2) is 12.4. The van der Waals surface area contributed by atoms with Gasteiger partial charge >= 0.3 is 0 Å². The quantitative estimate of drug-likeness (QED) is 0.298. The van der Waals surface area contributed by atoms with E-state index in [2.05, 4.69) is 98.5 Å². The van der Waals surface area contributed by atoms with Crippen LogP contribution in [0.15, 0.2) is 72.8 Å². The number of hydrogen-bond acceptors (Lipinski definition) is 4. The first-order chi connectivity index (χ1) is 19.8. The zero-order valence-electron chi connectivity index (χ0n) is 25.6. The fourth-order valence-corrected chi connectivity index (χ4v) is 7.08. The highest BCUT2D eigenvalue weighted by Crippen LogP contribution is 2.48. The molecule has 2 fully saturated rings. The van der Waals surface area contributed by atoms with Crippen LogP contribution in [0.2, 0.25) is 0 Å². The van der Waals surface area contributed by atoms with Crippen LogP contribution in [0.1, 0.15) is 94.4 Å². The van der Waals surface area contributed by atoms with Gasteiger partial charge in [0.25, 0.3) is 0 Å². The van der Waals surface area contributed by atoms with Crippen LogP contribution in [-0.2, 0) is 16.0 Å². The zero-order valence-corrected chi connectivity index (χ0v) is 25.6. The molecule has 3 unspecified atom stereocenters. The standard InChI is InChI=1S/C35H41NO3.C2H6/c1-34(2,3)39-29-14-16-32-27(21-29)11-15-31(25-7-5-4-6-8-25)33(32)26-9-12-28(13-10-26)36-19-17-35(18-20-36)22-30(23-37)38-24-35;1-2/h4-10,12-14,16,21,23,30-31,33H,11,15,17-20,22,24H2,1-3H3;1-2H3. The van der Waals surface area contributed by atoms with Crippen LogP contribution in [0, 0.1) is 5.41 Å². The summed E-state index contributed by atoms with van der Waals surface area (Å²) in [5.74, 6) is 1.72. The molecule has 41 heavy (non-hydrogen) atoms. The molecule has 3 aromatic rings. The minimum Gasteiger partial charge on any atom is -0.488 e. The molecule has 1 spiro atoms. The van der Waals surface area contributed by atoms with E-state index >= 15 is 0 Å². The number of benzene rings is 3. The first-order valence-electron chi connectivity index (χ1n) is 15.6. The summed E-state index contributed by atoms with van der Waals surface area (Å²) in [4.78, 5) is 13.7. The SMILES string of the molecule is CC.CC(C)(C)Oc1ccc2c(c1)CCC(c1ccccc1)C2c1ccc(N2CCC3(CC2)COC(C=O)C3)cc1. The lowest BCUT2D eigenvalue weighted by Gasteiger charge is -2.40. The first kappa shape index (κ1) is 29.4. The molecule has 0 amide bonds. The van der Waals surface area contributed by atoms with Gasteiger partial charge in [-0.05, 0) is 105 Å². The smallest absolute Gasteiger partial charge is 0.148 e. The second-order valence-corrected chi connectivity index (χ2v) is 12.9. The van der Waals surface area contributed by atoms with Gasteiger partial charge in [-0.15, -0.1) is 0 Å². The Morgan fingerprint density at radius 3 is 2.27 bits per heavy atom. The van der Waals surface area contributed by atoms with Gasteiger partial charge in [0.15, 0.2) is 0 Å². The van der Waals surface area contributed by atoms with Crippen molar-refractivity contribution in [2.75, 3.05) is 24.6 Å². The summed E-state index contributed by atoms with van der Waals surface area (Å²) in [6.07, 6.45) is 6.02. The lowest BCUT2D eigenvalue weighted by Crippen LogP contribution is -2.40. The zero-order chi connectivity index (χ0) is 29.0. The Labute approximate surface area is 247 Å². The molecule has 3 atom stereocenters. The molecule has 218 valence electrons. The van der Waals surface area contributed by atoms with Gasteiger partial charge in [-0.25, -0.2) is 0 Å². The number of aryl methyl sites for hydroxylation is 1. The van der Waals surface area contributed by atoms with E-state index in [0.29, 0.717) is 11.8 Å². The minimum absolute atomic E-state index is 0.187. The highest BCUT2D eigenvalue weighted by atomic mass is 16.5. The van der Waals surface area contributed by atoms with Crippen LogP contribution in [0.4, 0.5) is 5.69 Å². The van der Waals surface area contributed by atoms with Crippen molar-refractivity contribution in [2.45, 2.75) is 90.3 Å². The summed E-state index contributed by atoms with van der Waals surface area (Å²) in [5, 5.41) is 0. The van der Waals surface area contributed by atoms with Crippen molar-refractivity contribution >= 4 is 12.0 Å². The molecule has 4 heteroatoms. The highest BCUT2D eigenvalue weighted by molar-refractivity contribution is 5.57. The third kappa shape index (κ3) is 6.54. The fraction of sp³-hybridized carbons (Fsp3) is 0.486. The normalized spacial score (nSPS) is 23.3. The molecule has 2 aliphatic heterocycles. The summed E-state index contributed by atoms with van der Waals surface area (Å²) >= 11 is 0. The van der Waals surface area contributed by atoms with Crippen molar-refractivity contribution in [3.63, 3.8) is 0 Å². The van der Waals surface area contributed by atoms with Gasteiger partial charge in [0.1, 0.15) is 23.7 Å². The van der Waals surface area contributed by atoms with E-state index in [1.807, 2.05) is 13.8 Å². The van der Waals surface area contributed by atoms with Crippen molar-refractivity contribution in [3.8, 4) is 5.75 Å². The summed E-state index contributed by atoms with van der Waals surface area (Å²) < 4.78 is 12.0. The molecule has 0 N–H and O–H groups in total. The number of nitrogens with zero attached hydrogens (tertiary/aromatic N) is 1. The minimum atomic E-state index is -0.209. The van der Waals surface area contributed by atoms with Crippen LogP contribution in [0.3, 0.4) is 0 Å². The van der Waals surface area contributed by atoms with E-state index in [9.17, 15) is 4.79 Å². The molecule has 1 aliphatic carbocycles. The first-order valence-corrected chi connectivity index (χ1v) is 15.6. The topological polar surface area (TPSA) is 38.8 Å². The average molecular weight is 554 g/mol. The Morgan fingerprint density at radius 1 is 0.927 bits per heavy atom. The Balaban J connectivity index is 0.00000165. The molecule has 0 aromatic heterocycles. The van der Waals surface area contributed by atoms with Gasteiger partial charge in [0.2, 0.25) is 0 Å². The molecule has 0 bridgehead atoms. The van der Waals surface area contributed by atoms with Crippen LogP contribution in [0.25, 0.3) is 0 Å². The lowest BCUT2D eigenvalue weighted by molar-refractivity contribution is -0.115. The predicted octanol–water partition coefficient (Wildman–Crippen LogP) is 8.33. The third-order valence-electron chi connectivity index (χ3n) is 9.06. The van der Waals surface area contributed by atoms with Crippen LogP contribution in [0.5, 0.6) is 5.75 Å². The van der Waals surface area contributed by atoms with Crippen LogP contribution >= 0.6 is 0 Å². The number of ether oxygens (including phenoxy) is 2. The fourth-order valence-electron chi connectivity index (χ4n) is 7.08. The third-order valence-corrected chi connectivity index (χ3v) is 9.06. The molecule has 2 heterocycles. The number of carbonyl (C=O) groups excluding carboxylic acids is 1. The molecule has 6 rings (SSSR count). The van der Waals surface area contributed by atoms with E-state index in [1.165, 1.54) is 27.9 Å². The summed E-state index contributed by atoms with van der Waals surface area (Å²) in [6.45, 7) is 13.1. The van der Waals surface area contributed by atoms with Crippen LogP contribution < -0.4 is 9.64 Å². The van der Waals surface area contributed by atoms with E-state index in [0.717, 1.165) is 63.8 Å². The van der Waals surface area contributed by atoms with Crippen molar-refractivity contribution in [2.24, 2.45) is 5.41 Å². The van der Waals surface area contributed by atoms with Crippen molar-refractivity contribution < 1.29 is 14.3 Å². The Morgan fingerprint density at radius 2 is 1.63 bits per heavy atom. The molecule has 0 radical (unpaired) electrons. The monoisotopic (exact) mass is 553 g/mol. The molecule has 3 aromatic carbocycles. The Hall–Kier alpha value is -3.11. The van der Waals surface area contributed by atoms with Gasteiger partial charge in [0.05, 0.1) is 6.61 Å². The van der Waals surface area contributed by atoms with Crippen LogP contribution in [-0.4, -0.2) is 37.7 Å². The van der Waals surface area contributed by atoms with Gasteiger partial charge in [-0.3, -0.25) is 0 Å². The van der Waals surface area contributed by atoms with Gasteiger partial charge in [-0.1, -0.05) is 62.4 Å². The number of fused-ring (bicyclic) bond motifs is 1. The van der Waals surface area contributed by atoms with E-state index < -0.39 is 0 Å². The number of rotatable bonds is 5. The molecular weight excluding hydrogens is 506 g/mol. The summed E-state index contributed by atoms with van der Waals surface area (Å²) in [7, 11) is 0. The molecule has 3 aliphatic rings. The lowest BCUT2D eigenvalue weighted by atomic mass is 9.69. The summed E-state index contributed by atoms with van der Waals surface area (Å²) in [6, 6.07) is 27.1. The van der Waals surface area contributed by atoms with Crippen molar-refractivity contribution in [1.82, 2.24) is 0 Å². The average Bonchev–Trinajstić information content (AvgIpc) is 3.40. The number of anilines is 1. The largest absolute Gasteiger partial charge is 0.488 e. The molecule has 4 nitrogen and oxygen atoms in total. The second-order valence-electron chi connectivity index (χ2n) is 12.9. The Bertz CT molecular complexity index is 1290. The van der Waals surface area contributed by atoms with E-state index in [1.54, 1.807) is 0 Å². The van der Waals surface area contributed by atoms with Gasteiger partial charge < -0.3 is 19.2 Å². The highest BCUT2D eigenvalue weighted by Gasteiger charge is 2.42. The number of piperidine rings is 1. The maximum atomic E-state index is 11.2. The summed E-state index contributed by atoms with van der Waals surface area (Å²) in [5.41, 5.74) is 6.90. The maximum Gasteiger partial charge on any atom is 0.148 e. The Kier molecular flexibility index (Phi) is 8.89. The van der Waals surface area contributed by atoms with Gasteiger partial charge in [0, 0.05) is 30.1 Å². The van der Waals surface area contributed by atoms with E-state index in [-0.39, 0.29) is 17.1 Å².